The third-order valence-electron chi connectivity index (χ3n) is 3.47. The summed E-state index contributed by atoms with van der Waals surface area (Å²) in [6.45, 7) is 6.14. The van der Waals surface area contributed by atoms with E-state index in [2.05, 4.69) is 18.0 Å². The van der Waals surface area contributed by atoms with Crippen molar-refractivity contribution in [1.82, 2.24) is 4.90 Å². The molecular formula is C16H22ClN3O3. The number of rotatable bonds is 9. The first-order valence-corrected chi connectivity index (χ1v) is 7.84. The Balaban J connectivity index is 2.89. The lowest BCUT2D eigenvalue weighted by atomic mass is 10.1. The van der Waals surface area contributed by atoms with Crippen LogP contribution in [0.5, 0.6) is 0 Å². The third-order valence-corrected chi connectivity index (χ3v) is 3.66. The second-order valence-corrected chi connectivity index (χ2v) is 5.36. The van der Waals surface area contributed by atoms with E-state index in [1.165, 1.54) is 12.1 Å². The molecule has 1 N–H and O–H groups in total. The molecule has 0 saturated carbocycles. The molecule has 0 heterocycles. The zero-order valence-electron chi connectivity index (χ0n) is 13.2. The zero-order valence-corrected chi connectivity index (χ0v) is 14.0. The van der Waals surface area contributed by atoms with Gasteiger partial charge in [0.2, 0.25) is 0 Å². The molecule has 0 unspecified atom stereocenters. The third kappa shape index (κ3) is 6.00. The lowest BCUT2D eigenvalue weighted by Gasteiger charge is -2.26. The summed E-state index contributed by atoms with van der Waals surface area (Å²) in [6.07, 6.45) is 3.77. The van der Waals surface area contributed by atoms with E-state index in [1.807, 2.05) is 0 Å². The number of nitro benzene ring substituents is 1. The van der Waals surface area contributed by atoms with E-state index >= 15 is 0 Å². The van der Waals surface area contributed by atoms with Gasteiger partial charge in [-0.3, -0.25) is 10.1 Å². The summed E-state index contributed by atoms with van der Waals surface area (Å²) in [5.41, 5.74) is 1.37. The van der Waals surface area contributed by atoms with Crippen LogP contribution in [0.25, 0.3) is 0 Å². The van der Waals surface area contributed by atoms with Crippen LogP contribution < -0.4 is 0 Å². The number of non-ortho nitro benzene ring substituents is 1. The fourth-order valence-electron chi connectivity index (χ4n) is 2.13. The van der Waals surface area contributed by atoms with Crippen LogP contribution in [0.2, 0.25) is 0 Å². The molecule has 1 rings (SSSR count). The summed E-state index contributed by atoms with van der Waals surface area (Å²) < 4.78 is 3.81. The van der Waals surface area contributed by atoms with Gasteiger partial charge in [0.05, 0.1) is 11.5 Å². The topological polar surface area (TPSA) is 79.0 Å². The maximum absolute atomic E-state index is 10.7. The van der Waals surface area contributed by atoms with E-state index in [0.29, 0.717) is 24.5 Å². The summed E-state index contributed by atoms with van der Waals surface area (Å²) in [6, 6.07) is 6.25. The Morgan fingerprint density at radius 2 is 2.04 bits per heavy atom. The van der Waals surface area contributed by atoms with Crippen LogP contribution in [0.15, 0.2) is 41.1 Å². The molecule has 1 aromatic carbocycles. The highest BCUT2D eigenvalue weighted by molar-refractivity contribution is 6.19. The predicted octanol–water partition coefficient (Wildman–Crippen LogP) is 4.04. The standard InChI is InChI=1S/C16H22ClN3O3/c1-3-4-5-6-16(18-17)19(13(2)12-21)11-14-7-9-15(10-8-14)20(22)23/h7-10,21H,2-6,11-12H2,1H3/b18-16-. The molecule has 126 valence electrons. The highest BCUT2D eigenvalue weighted by Gasteiger charge is 2.15. The van der Waals surface area contributed by atoms with Gasteiger partial charge >= 0.3 is 0 Å². The first-order valence-electron chi connectivity index (χ1n) is 7.50. The fourth-order valence-corrected chi connectivity index (χ4v) is 2.31. The molecule has 0 aliphatic carbocycles. The van der Waals surface area contributed by atoms with Crippen molar-refractivity contribution in [3.63, 3.8) is 0 Å². The normalized spacial score (nSPS) is 11.3. The number of halogens is 1. The van der Waals surface area contributed by atoms with E-state index in [4.69, 9.17) is 11.8 Å². The second-order valence-electron chi connectivity index (χ2n) is 5.19. The lowest BCUT2D eigenvalue weighted by molar-refractivity contribution is -0.384. The predicted molar refractivity (Wildman–Crippen MR) is 92.3 cm³/mol. The first-order chi connectivity index (χ1) is 11.0. The molecule has 0 aliphatic rings. The number of hydrogen-bond acceptors (Lipinski definition) is 4. The SMILES string of the molecule is C=C(CO)N(Cc1ccc([N+](=O)[O-])cc1)/C(CCCCC)=N\Cl. The smallest absolute Gasteiger partial charge is 0.269 e. The fraction of sp³-hybridized carbons (Fsp3) is 0.438. The summed E-state index contributed by atoms with van der Waals surface area (Å²) in [4.78, 5) is 12.0. The minimum atomic E-state index is -0.440. The van der Waals surface area contributed by atoms with Gasteiger partial charge in [0.1, 0.15) is 5.84 Å². The Morgan fingerprint density at radius 3 is 2.52 bits per heavy atom. The molecule has 0 aromatic heterocycles. The van der Waals surface area contributed by atoms with E-state index in [9.17, 15) is 15.2 Å². The lowest BCUT2D eigenvalue weighted by Crippen LogP contribution is -2.30. The number of nitrogens with zero attached hydrogens (tertiary/aromatic N) is 3. The zero-order chi connectivity index (χ0) is 17.2. The average molecular weight is 340 g/mol. The van der Waals surface area contributed by atoms with E-state index in [-0.39, 0.29) is 12.3 Å². The second kappa shape index (κ2) is 9.97. The Hall–Kier alpha value is -1.92. The molecule has 0 aliphatic heterocycles. The number of aliphatic hydroxyl groups is 1. The summed E-state index contributed by atoms with van der Waals surface area (Å²) >= 11 is 5.71. The van der Waals surface area contributed by atoms with Gasteiger partial charge in [-0.05, 0) is 12.0 Å². The number of amidine groups is 1. The molecule has 7 heteroatoms. The largest absolute Gasteiger partial charge is 0.390 e. The van der Waals surface area contributed by atoms with Gasteiger partial charge in [0.15, 0.2) is 0 Å². The number of aliphatic hydroxyl groups excluding tert-OH is 1. The molecule has 0 radical (unpaired) electrons. The van der Waals surface area contributed by atoms with E-state index < -0.39 is 4.92 Å². The summed E-state index contributed by atoms with van der Waals surface area (Å²) in [5, 5.41) is 20.1. The van der Waals surface area contributed by atoms with Crippen LogP contribution in [-0.2, 0) is 6.54 Å². The Kier molecular flexibility index (Phi) is 8.29. The molecule has 0 fully saturated rings. The van der Waals surface area contributed by atoms with Crippen molar-refractivity contribution in [3.05, 3.63) is 52.2 Å². The molecule has 0 atom stereocenters. The Bertz CT molecular complexity index is 558. The van der Waals surface area contributed by atoms with Crippen molar-refractivity contribution in [2.24, 2.45) is 4.51 Å². The minimum absolute atomic E-state index is 0.0375. The average Bonchev–Trinajstić information content (AvgIpc) is 2.57. The van der Waals surface area contributed by atoms with Gasteiger partial charge in [-0.25, -0.2) is 0 Å². The highest BCUT2D eigenvalue weighted by Crippen LogP contribution is 2.18. The summed E-state index contributed by atoms with van der Waals surface area (Å²) in [5.74, 6) is 0.637. The number of hydrogen-bond donors (Lipinski definition) is 1. The molecule has 0 saturated heterocycles. The molecule has 1 aromatic rings. The van der Waals surface area contributed by atoms with Crippen LogP contribution in [0.4, 0.5) is 5.69 Å². The van der Waals surface area contributed by atoms with Gasteiger partial charge in [0.25, 0.3) is 5.69 Å². The molecular weight excluding hydrogens is 318 g/mol. The first kappa shape index (κ1) is 19.1. The number of benzene rings is 1. The van der Waals surface area contributed by atoms with Crippen LogP contribution in [-0.4, -0.2) is 27.4 Å². The molecule has 6 nitrogen and oxygen atoms in total. The van der Waals surface area contributed by atoms with Gasteiger partial charge in [0, 0.05) is 42.6 Å². The quantitative estimate of drug-likeness (QED) is 0.242. The Labute approximate surface area is 141 Å². The van der Waals surface area contributed by atoms with E-state index in [0.717, 1.165) is 24.8 Å². The monoisotopic (exact) mass is 339 g/mol. The Morgan fingerprint density at radius 1 is 1.39 bits per heavy atom. The van der Waals surface area contributed by atoms with Crippen molar-refractivity contribution in [2.75, 3.05) is 6.61 Å². The van der Waals surface area contributed by atoms with Gasteiger partial charge in [-0.2, -0.15) is 4.51 Å². The van der Waals surface area contributed by atoms with Gasteiger partial charge in [-0.15, -0.1) is 0 Å². The van der Waals surface area contributed by atoms with Crippen molar-refractivity contribution in [1.29, 1.82) is 0 Å². The molecule has 0 spiro atoms. The molecule has 23 heavy (non-hydrogen) atoms. The molecule has 0 bridgehead atoms. The van der Waals surface area contributed by atoms with Crippen LogP contribution in [0.1, 0.15) is 38.2 Å². The number of unbranched alkanes of at least 4 members (excludes halogenated alkanes) is 2. The maximum Gasteiger partial charge on any atom is 0.269 e. The van der Waals surface area contributed by atoms with Crippen LogP contribution in [0, 0.1) is 10.1 Å². The van der Waals surface area contributed by atoms with Crippen LogP contribution >= 0.6 is 11.8 Å². The van der Waals surface area contributed by atoms with Gasteiger partial charge < -0.3 is 10.0 Å². The summed E-state index contributed by atoms with van der Waals surface area (Å²) in [7, 11) is 0. The maximum atomic E-state index is 10.7. The van der Waals surface area contributed by atoms with Crippen molar-refractivity contribution < 1.29 is 10.0 Å². The van der Waals surface area contributed by atoms with E-state index in [1.54, 1.807) is 17.0 Å². The number of nitro groups is 1. The minimum Gasteiger partial charge on any atom is -0.390 e. The van der Waals surface area contributed by atoms with Crippen LogP contribution in [0.3, 0.4) is 0 Å². The van der Waals surface area contributed by atoms with Crippen molar-refractivity contribution in [3.8, 4) is 0 Å². The van der Waals surface area contributed by atoms with Crippen molar-refractivity contribution in [2.45, 2.75) is 39.2 Å². The van der Waals surface area contributed by atoms with Crippen molar-refractivity contribution >= 4 is 23.3 Å². The van der Waals surface area contributed by atoms with Gasteiger partial charge in [-0.1, -0.05) is 38.5 Å². The highest BCUT2D eigenvalue weighted by atomic mass is 35.5. The molecule has 0 amide bonds.